The maximum Gasteiger partial charge on any atom is 0.322 e. The van der Waals surface area contributed by atoms with Crippen molar-refractivity contribution in [2.45, 2.75) is 0 Å². The molecule has 0 fully saturated rings. The van der Waals surface area contributed by atoms with Crippen LogP contribution < -0.4 is 5.32 Å². The minimum Gasteiger partial charge on any atom is -0.480 e. The van der Waals surface area contributed by atoms with Gasteiger partial charge < -0.3 is 10.4 Å². The van der Waals surface area contributed by atoms with E-state index >= 15 is 0 Å². The van der Waals surface area contributed by atoms with Gasteiger partial charge in [0, 0.05) is 10.9 Å². The molecule has 0 bridgehead atoms. The Morgan fingerprint density at radius 2 is 2.29 bits per heavy atom. The molecule has 5 nitrogen and oxygen atoms in total. The molecule has 2 rings (SSSR count). The Balaban J connectivity index is 2.08. The highest BCUT2D eigenvalue weighted by Crippen LogP contribution is 2.26. The summed E-state index contributed by atoms with van der Waals surface area (Å²) >= 11 is 2.80. The van der Waals surface area contributed by atoms with Crippen molar-refractivity contribution in [3.8, 4) is 10.6 Å². The molecule has 0 unspecified atom stereocenters. The lowest BCUT2D eigenvalue weighted by Gasteiger charge is -1.97. The normalized spacial score (nSPS) is 10.1. The van der Waals surface area contributed by atoms with Gasteiger partial charge in [-0.3, -0.25) is 9.59 Å². The first kappa shape index (κ1) is 11.7. The van der Waals surface area contributed by atoms with E-state index in [1.54, 1.807) is 11.3 Å². The Kier molecular flexibility index (Phi) is 3.50. The maximum absolute atomic E-state index is 11.5. The summed E-state index contributed by atoms with van der Waals surface area (Å²) in [6.07, 6.45) is 1.45. The van der Waals surface area contributed by atoms with Crippen molar-refractivity contribution in [3.05, 3.63) is 27.9 Å². The molecule has 0 aromatic carbocycles. The van der Waals surface area contributed by atoms with E-state index in [1.807, 2.05) is 16.8 Å². The molecule has 17 heavy (non-hydrogen) atoms. The van der Waals surface area contributed by atoms with E-state index in [2.05, 4.69) is 10.3 Å². The highest BCUT2D eigenvalue weighted by molar-refractivity contribution is 7.17. The minimum atomic E-state index is -1.07. The molecule has 0 spiro atoms. The van der Waals surface area contributed by atoms with Crippen molar-refractivity contribution >= 4 is 34.6 Å². The number of amides is 1. The van der Waals surface area contributed by atoms with Crippen LogP contribution in [0.2, 0.25) is 0 Å². The molecule has 0 saturated carbocycles. The Morgan fingerprint density at radius 3 is 2.94 bits per heavy atom. The quantitative estimate of drug-likeness (QED) is 0.884. The highest BCUT2D eigenvalue weighted by Gasteiger charge is 2.12. The molecule has 0 aliphatic heterocycles. The van der Waals surface area contributed by atoms with E-state index in [-0.39, 0.29) is 6.54 Å². The summed E-state index contributed by atoms with van der Waals surface area (Å²) in [6.45, 7) is -0.384. The van der Waals surface area contributed by atoms with E-state index < -0.39 is 11.9 Å². The van der Waals surface area contributed by atoms with Crippen molar-refractivity contribution in [2.75, 3.05) is 6.54 Å². The molecule has 7 heteroatoms. The second kappa shape index (κ2) is 5.07. The van der Waals surface area contributed by atoms with Gasteiger partial charge in [0.1, 0.15) is 16.4 Å². The molecule has 2 aromatic rings. The molecule has 88 valence electrons. The first-order valence-corrected chi connectivity index (χ1v) is 6.41. The van der Waals surface area contributed by atoms with Gasteiger partial charge in [-0.15, -0.1) is 11.3 Å². The molecular weight excluding hydrogens is 260 g/mol. The van der Waals surface area contributed by atoms with Crippen LogP contribution in [0.15, 0.2) is 23.0 Å². The molecule has 0 aliphatic carbocycles. The summed E-state index contributed by atoms with van der Waals surface area (Å²) in [5.41, 5.74) is 0.970. The van der Waals surface area contributed by atoms with Gasteiger partial charge in [-0.05, 0) is 11.4 Å². The van der Waals surface area contributed by atoms with E-state index in [9.17, 15) is 9.59 Å². The largest absolute Gasteiger partial charge is 0.480 e. The van der Waals surface area contributed by atoms with Gasteiger partial charge >= 0.3 is 5.97 Å². The lowest BCUT2D eigenvalue weighted by Crippen LogP contribution is -2.28. The average Bonchev–Trinajstić information content (AvgIpc) is 2.94. The number of carbonyl (C=O) groups excluding carboxylic acids is 1. The SMILES string of the molecule is O=C(O)CNC(=O)c1cnc(-c2ccsc2)s1. The molecule has 2 aromatic heterocycles. The summed E-state index contributed by atoms with van der Waals surface area (Å²) in [6, 6.07) is 1.92. The molecule has 1 amide bonds. The summed E-state index contributed by atoms with van der Waals surface area (Å²) in [7, 11) is 0. The van der Waals surface area contributed by atoms with Crippen molar-refractivity contribution < 1.29 is 14.7 Å². The van der Waals surface area contributed by atoms with Crippen molar-refractivity contribution in [1.82, 2.24) is 10.3 Å². The molecule has 0 radical (unpaired) electrons. The van der Waals surface area contributed by atoms with Gasteiger partial charge in [-0.1, -0.05) is 0 Å². The number of nitrogens with one attached hydrogen (secondary N) is 1. The zero-order chi connectivity index (χ0) is 12.3. The van der Waals surface area contributed by atoms with Gasteiger partial charge in [0.2, 0.25) is 0 Å². The second-order valence-corrected chi connectivity index (χ2v) is 4.93. The summed E-state index contributed by atoms with van der Waals surface area (Å²) in [5, 5.41) is 15.4. The molecule has 2 N–H and O–H groups in total. The lowest BCUT2D eigenvalue weighted by atomic mass is 10.4. The third kappa shape index (κ3) is 2.89. The molecule has 0 saturated heterocycles. The lowest BCUT2D eigenvalue weighted by molar-refractivity contribution is -0.135. The number of aromatic nitrogens is 1. The van der Waals surface area contributed by atoms with Crippen molar-refractivity contribution in [2.24, 2.45) is 0 Å². The van der Waals surface area contributed by atoms with Gasteiger partial charge in [0.25, 0.3) is 5.91 Å². The second-order valence-electron chi connectivity index (χ2n) is 3.12. The van der Waals surface area contributed by atoms with Gasteiger partial charge in [0.05, 0.1) is 6.20 Å². The first-order chi connectivity index (χ1) is 8.16. The van der Waals surface area contributed by atoms with Gasteiger partial charge in [0.15, 0.2) is 0 Å². The third-order valence-electron chi connectivity index (χ3n) is 1.90. The zero-order valence-electron chi connectivity index (χ0n) is 8.54. The number of rotatable bonds is 4. The Morgan fingerprint density at radius 1 is 1.47 bits per heavy atom. The van der Waals surface area contributed by atoms with Crippen molar-refractivity contribution in [3.63, 3.8) is 0 Å². The number of nitrogens with zero attached hydrogens (tertiary/aromatic N) is 1. The van der Waals surface area contributed by atoms with Crippen LogP contribution in [0, 0.1) is 0 Å². The molecule has 0 atom stereocenters. The van der Waals surface area contributed by atoms with Crippen LogP contribution in [0.3, 0.4) is 0 Å². The fourth-order valence-corrected chi connectivity index (χ4v) is 2.69. The smallest absolute Gasteiger partial charge is 0.322 e. The summed E-state index contributed by atoms with van der Waals surface area (Å²) in [4.78, 5) is 26.4. The van der Waals surface area contributed by atoms with Crippen LogP contribution in [-0.4, -0.2) is 28.5 Å². The Labute approximate surface area is 105 Å². The summed E-state index contributed by atoms with van der Waals surface area (Å²) in [5.74, 6) is -1.48. The molecule has 0 aliphatic rings. The Hall–Kier alpha value is -1.73. The Bertz CT molecular complexity index is 534. The zero-order valence-corrected chi connectivity index (χ0v) is 10.2. The van der Waals surface area contributed by atoms with E-state index in [1.165, 1.54) is 17.5 Å². The summed E-state index contributed by atoms with van der Waals surface area (Å²) < 4.78 is 0. The minimum absolute atomic E-state index is 0.384. The van der Waals surface area contributed by atoms with E-state index in [4.69, 9.17) is 5.11 Å². The predicted molar refractivity (Wildman–Crippen MR) is 65.4 cm³/mol. The number of carboxylic acids is 1. The maximum atomic E-state index is 11.5. The number of aliphatic carboxylic acids is 1. The van der Waals surface area contributed by atoms with Crippen LogP contribution in [-0.2, 0) is 4.79 Å². The highest BCUT2D eigenvalue weighted by atomic mass is 32.1. The predicted octanol–water partition coefficient (Wildman–Crippen LogP) is 1.69. The number of hydrogen-bond acceptors (Lipinski definition) is 5. The van der Waals surface area contributed by atoms with Crippen LogP contribution in [0.5, 0.6) is 0 Å². The molecular formula is C10H8N2O3S2. The monoisotopic (exact) mass is 268 g/mol. The number of thiophene rings is 1. The number of carbonyl (C=O) groups is 2. The third-order valence-corrected chi connectivity index (χ3v) is 3.63. The topological polar surface area (TPSA) is 79.3 Å². The van der Waals surface area contributed by atoms with Crippen LogP contribution >= 0.6 is 22.7 Å². The average molecular weight is 268 g/mol. The van der Waals surface area contributed by atoms with E-state index in [0.29, 0.717) is 4.88 Å². The fourth-order valence-electron chi connectivity index (χ4n) is 1.14. The fraction of sp³-hybridized carbons (Fsp3) is 0.100. The number of hydrogen-bond donors (Lipinski definition) is 2. The van der Waals surface area contributed by atoms with Gasteiger partial charge in [-0.25, -0.2) is 4.98 Å². The first-order valence-electron chi connectivity index (χ1n) is 4.65. The number of carboxylic acid groups (broad SMARTS) is 1. The van der Waals surface area contributed by atoms with Crippen LogP contribution in [0.4, 0.5) is 0 Å². The van der Waals surface area contributed by atoms with Crippen LogP contribution in [0.1, 0.15) is 9.67 Å². The van der Waals surface area contributed by atoms with E-state index in [0.717, 1.165) is 10.6 Å². The standard InChI is InChI=1S/C10H8N2O3S2/c13-8(14)4-11-9(15)7-3-12-10(17-7)6-1-2-16-5-6/h1-3,5H,4H2,(H,11,15)(H,13,14). The number of thiazole rings is 1. The van der Waals surface area contributed by atoms with Gasteiger partial charge in [-0.2, -0.15) is 11.3 Å². The van der Waals surface area contributed by atoms with Crippen LogP contribution in [0.25, 0.3) is 10.6 Å². The molecule has 2 heterocycles. The van der Waals surface area contributed by atoms with Crippen molar-refractivity contribution in [1.29, 1.82) is 0 Å².